The minimum atomic E-state index is -0.261. The van der Waals surface area contributed by atoms with Gasteiger partial charge in [-0.15, -0.1) is 0 Å². The summed E-state index contributed by atoms with van der Waals surface area (Å²) >= 11 is 0. The van der Waals surface area contributed by atoms with E-state index in [1.807, 2.05) is 6.92 Å². The summed E-state index contributed by atoms with van der Waals surface area (Å²) < 4.78 is 0. The zero-order chi connectivity index (χ0) is 10.6. The molecule has 0 radical (unpaired) electrons. The van der Waals surface area contributed by atoms with Gasteiger partial charge >= 0.3 is 0 Å². The van der Waals surface area contributed by atoms with E-state index in [9.17, 15) is 4.79 Å². The summed E-state index contributed by atoms with van der Waals surface area (Å²) in [6, 6.07) is 0. The highest BCUT2D eigenvalue weighted by molar-refractivity contribution is 5.84. The molecule has 2 heteroatoms. The molecule has 0 saturated heterocycles. The molecule has 2 N–H and O–H groups in total. The van der Waals surface area contributed by atoms with Gasteiger partial charge in [-0.25, -0.2) is 0 Å². The molecule has 0 aliphatic heterocycles. The highest BCUT2D eigenvalue weighted by Gasteiger charge is 2.31. The Morgan fingerprint density at radius 3 is 2.43 bits per heavy atom. The molecular weight excluding hydrogens is 174 g/mol. The molecule has 0 heterocycles. The Hall–Kier alpha value is -0.370. The summed E-state index contributed by atoms with van der Waals surface area (Å²) in [6.45, 7) is 4.55. The van der Waals surface area contributed by atoms with E-state index in [1.54, 1.807) is 0 Å². The Bertz CT molecular complexity index is 190. The van der Waals surface area contributed by atoms with Crippen molar-refractivity contribution >= 4 is 5.78 Å². The van der Waals surface area contributed by atoms with E-state index in [4.69, 9.17) is 5.73 Å². The maximum atomic E-state index is 12.0. The summed E-state index contributed by atoms with van der Waals surface area (Å²) in [4.78, 5) is 12.0. The summed E-state index contributed by atoms with van der Waals surface area (Å²) in [5.41, 5.74) is 5.41. The first-order valence-electron chi connectivity index (χ1n) is 5.85. The Balaban J connectivity index is 2.46. The standard InChI is InChI=1S/C12H23NO/c1-3-12(2,9-13)11(14)8-10-6-4-5-7-10/h10H,3-9,13H2,1-2H3. The van der Waals surface area contributed by atoms with Gasteiger partial charge < -0.3 is 5.73 Å². The number of rotatable bonds is 5. The molecule has 0 amide bonds. The Kier molecular flexibility index (Phi) is 4.11. The third kappa shape index (κ3) is 2.57. The molecule has 0 aromatic carbocycles. The zero-order valence-electron chi connectivity index (χ0n) is 9.51. The van der Waals surface area contributed by atoms with Crippen LogP contribution in [0, 0.1) is 11.3 Å². The Labute approximate surface area is 87.2 Å². The van der Waals surface area contributed by atoms with E-state index in [-0.39, 0.29) is 5.41 Å². The number of carbonyl (C=O) groups excluding carboxylic acids is 1. The van der Waals surface area contributed by atoms with Gasteiger partial charge in [-0.2, -0.15) is 0 Å². The lowest BCUT2D eigenvalue weighted by atomic mass is 9.79. The van der Waals surface area contributed by atoms with Gasteiger partial charge in [0.05, 0.1) is 0 Å². The van der Waals surface area contributed by atoms with Crippen LogP contribution in [0.3, 0.4) is 0 Å². The monoisotopic (exact) mass is 197 g/mol. The summed E-state index contributed by atoms with van der Waals surface area (Å²) in [5.74, 6) is 1.04. The number of Topliss-reactive ketones (excluding diaryl/α,β-unsaturated/α-hetero) is 1. The van der Waals surface area contributed by atoms with E-state index in [1.165, 1.54) is 25.7 Å². The highest BCUT2D eigenvalue weighted by atomic mass is 16.1. The smallest absolute Gasteiger partial charge is 0.140 e. The minimum absolute atomic E-state index is 0.261. The SMILES string of the molecule is CCC(C)(CN)C(=O)CC1CCCC1. The van der Waals surface area contributed by atoms with E-state index >= 15 is 0 Å². The second-order valence-corrected chi connectivity index (χ2v) is 4.90. The van der Waals surface area contributed by atoms with Gasteiger partial charge in [0.1, 0.15) is 5.78 Å². The van der Waals surface area contributed by atoms with Gasteiger partial charge in [0.25, 0.3) is 0 Å². The Morgan fingerprint density at radius 2 is 2.00 bits per heavy atom. The highest BCUT2D eigenvalue weighted by Crippen LogP contribution is 2.32. The lowest BCUT2D eigenvalue weighted by Gasteiger charge is -2.26. The third-order valence-electron chi connectivity index (χ3n) is 3.85. The predicted octanol–water partition coefficient (Wildman–Crippen LogP) is 2.51. The number of ketones is 1. The fourth-order valence-corrected chi connectivity index (χ4v) is 2.18. The van der Waals surface area contributed by atoms with Crippen LogP contribution in [0.4, 0.5) is 0 Å². The van der Waals surface area contributed by atoms with Gasteiger partial charge in [-0.3, -0.25) is 4.79 Å². The fraction of sp³-hybridized carbons (Fsp3) is 0.917. The zero-order valence-corrected chi connectivity index (χ0v) is 9.51. The molecule has 0 aromatic heterocycles. The second kappa shape index (κ2) is 4.92. The first-order chi connectivity index (χ1) is 6.62. The number of hydrogen-bond acceptors (Lipinski definition) is 2. The van der Waals surface area contributed by atoms with E-state index in [2.05, 4.69) is 6.92 Å². The summed E-state index contributed by atoms with van der Waals surface area (Å²) in [5, 5.41) is 0. The van der Waals surface area contributed by atoms with Gasteiger partial charge in [-0.05, 0) is 12.3 Å². The van der Waals surface area contributed by atoms with Crippen LogP contribution in [-0.2, 0) is 4.79 Å². The molecule has 0 aromatic rings. The van der Waals surface area contributed by atoms with Crippen LogP contribution in [0.15, 0.2) is 0 Å². The van der Waals surface area contributed by atoms with Crippen molar-refractivity contribution in [1.82, 2.24) is 0 Å². The number of nitrogens with two attached hydrogens (primary N) is 1. The van der Waals surface area contributed by atoms with Crippen molar-refractivity contribution in [2.45, 2.75) is 52.4 Å². The third-order valence-corrected chi connectivity index (χ3v) is 3.85. The van der Waals surface area contributed by atoms with Crippen LogP contribution in [0.25, 0.3) is 0 Å². The maximum Gasteiger partial charge on any atom is 0.140 e. The van der Waals surface area contributed by atoms with Crippen LogP contribution < -0.4 is 5.73 Å². The van der Waals surface area contributed by atoms with Crippen molar-refractivity contribution in [1.29, 1.82) is 0 Å². The number of hydrogen-bond donors (Lipinski definition) is 1. The van der Waals surface area contributed by atoms with Crippen LogP contribution in [0.1, 0.15) is 52.4 Å². The Morgan fingerprint density at radius 1 is 1.43 bits per heavy atom. The van der Waals surface area contributed by atoms with Crippen molar-refractivity contribution in [3.63, 3.8) is 0 Å². The van der Waals surface area contributed by atoms with Crippen molar-refractivity contribution in [2.24, 2.45) is 17.1 Å². The molecule has 82 valence electrons. The van der Waals surface area contributed by atoms with Crippen molar-refractivity contribution in [3.05, 3.63) is 0 Å². The summed E-state index contributed by atoms with van der Waals surface area (Å²) in [6.07, 6.45) is 6.75. The lowest BCUT2D eigenvalue weighted by molar-refractivity contribution is -0.128. The molecule has 14 heavy (non-hydrogen) atoms. The second-order valence-electron chi connectivity index (χ2n) is 4.90. The molecule has 0 spiro atoms. The minimum Gasteiger partial charge on any atom is -0.329 e. The molecule has 1 unspecified atom stereocenters. The van der Waals surface area contributed by atoms with E-state index in [0.717, 1.165) is 12.8 Å². The first kappa shape index (κ1) is 11.7. The molecule has 1 saturated carbocycles. The van der Waals surface area contributed by atoms with Crippen molar-refractivity contribution in [3.8, 4) is 0 Å². The number of carbonyl (C=O) groups is 1. The maximum absolute atomic E-state index is 12.0. The summed E-state index contributed by atoms with van der Waals surface area (Å²) in [7, 11) is 0. The molecule has 1 fully saturated rings. The normalized spacial score (nSPS) is 22.2. The topological polar surface area (TPSA) is 43.1 Å². The molecular formula is C12H23NO. The average molecular weight is 197 g/mol. The van der Waals surface area contributed by atoms with E-state index < -0.39 is 0 Å². The van der Waals surface area contributed by atoms with E-state index in [0.29, 0.717) is 18.2 Å². The fourth-order valence-electron chi connectivity index (χ4n) is 2.18. The lowest BCUT2D eigenvalue weighted by Crippen LogP contribution is -2.36. The molecule has 1 aliphatic rings. The largest absolute Gasteiger partial charge is 0.329 e. The molecule has 1 atom stereocenters. The van der Waals surface area contributed by atoms with Crippen molar-refractivity contribution in [2.75, 3.05) is 6.54 Å². The first-order valence-corrected chi connectivity index (χ1v) is 5.85. The molecule has 0 bridgehead atoms. The molecule has 2 nitrogen and oxygen atoms in total. The average Bonchev–Trinajstić information content (AvgIpc) is 2.69. The van der Waals surface area contributed by atoms with Crippen LogP contribution >= 0.6 is 0 Å². The van der Waals surface area contributed by atoms with Gasteiger partial charge in [0, 0.05) is 18.4 Å². The van der Waals surface area contributed by atoms with Gasteiger partial charge in [-0.1, -0.05) is 39.5 Å². The van der Waals surface area contributed by atoms with Crippen LogP contribution in [0.2, 0.25) is 0 Å². The van der Waals surface area contributed by atoms with Gasteiger partial charge in [0.15, 0.2) is 0 Å². The molecule has 1 rings (SSSR count). The van der Waals surface area contributed by atoms with Crippen LogP contribution in [-0.4, -0.2) is 12.3 Å². The predicted molar refractivity (Wildman–Crippen MR) is 59.0 cm³/mol. The van der Waals surface area contributed by atoms with Crippen molar-refractivity contribution < 1.29 is 4.79 Å². The quantitative estimate of drug-likeness (QED) is 0.736. The van der Waals surface area contributed by atoms with Gasteiger partial charge in [0.2, 0.25) is 0 Å². The molecule has 1 aliphatic carbocycles. The van der Waals surface area contributed by atoms with Crippen LogP contribution in [0.5, 0.6) is 0 Å².